The lowest BCUT2D eigenvalue weighted by atomic mass is 10.2. The first-order valence-corrected chi connectivity index (χ1v) is 8.19. The zero-order valence-electron chi connectivity index (χ0n) is 11.9. The number of sulfonamides is 1. The maximum absolute atomic E-state index is 13.7. The van der Waals surface area contributed by atoms with Crippen molar-refractivity contribution in [2.75, 3.05) is 6.54 Å². The van der Waals surface area contributed by atoms with Gasteiger partial charge in [0, 0.05) is 18.7 Å². The highest BCUT2D eigenvalue weighted by Crippen LogP contribution is 2.34. The number of aryl methyl sites for hydroxylation is 1. The molecule has 0 radical (unpaired) electrons. The van der Waals surface area contributed by atoms with Gasteiger partial charge in [0.15, 0.2) is 0 Å². The molecule has 1 aliphatic carbocycles. The summed E-state index contributed by atoms with van der Waals surface area (Å²) in [5, 5.41) is 10.9. The number of hydrogen-bond donors (Lipinski definition) is 0. The fraction of sp³-hybridized carbons (Fsp3) is 0.538. The van der Waals surface area contributed by atoms with Crippen LogP contribution in [0.4, 0.5) is 10.1 Å². The second-order valence-corrected chi connectivity index (χ2v) is 7.07. The number of halogens is 1. The molecule has 0 aromatic heterocycles. The van der Waals surface area contributed by atoms with Crippen LogP contribution in [0.2, 0.25) is 0 Å². The molecule has 0 N–H and O–H groups in total. The van der Waals surface area contributed by atoms with Crippen molar-refractivity contribution in [3.8, 4) is 0 Å². The first-order valence-electron chi connectivity index (χ1n) is 6.75. The number of benzene rings is 1. The molecule has 0 saturated heterocycles. The molecule has 0 heterocycles. The van der Waals surface area contributed by atoms with Gasteiger partial charge in [-0.25, -0.2) is 8.42 Å². The molecule has 21 heavy (non-hydrogen) atoms. The number of hydrogen-bond acceptors (Lipinski definition) is 4. The summed E-state index contributed by atoms with van der Waals surface area (Å²) in [4.78, 5) is 9.74. The van der Waals surface area contributed by atoms with Crippen LogP contribution in [0.15, 0.2) is 17.0 Å². The van der Waals surface area contributed by atoms with E-state index in [1.165, 1.54) is 11.2 Å². The molecule has 1 aromatic rings. The molecule has 0 unspecified atom stereocenters. The minimum Gasteiger partial charge on any atom is -0.258 e. The van der Waals surface area contributed by atoms with Crippen molar-refractivity contribution in [1.29, 1.82) is 0 Å². The van der Waals surface area contributed by atoms with Gasteiger partial charge in [-0.3, -0.25) is 10.1 Å². The van der Waals surface area contributed by atoms with E-state index in [1.54, 1.807) is 0 Å². The largest absolute Gasteiger partial charge is 0.306 e. The maximum Gasteiger partial charge on any atom is 0.306 e. The summed E-state index contributed by atoms with van der Waals surface area (Å²) >= 11 is 0. The van der Waals surface area contributed by atoms with Gasteiger partial charge in [0.25, 0.3) is 0 Å². The van der Waals surface area contributed by atoms with E-state index in [4.69, 9.17) is 0 Å². The fourth-order valence-corrected chi connectivity index (χ4v) is 4.10. The van der Waals surface area contributed by atoms with Gasteiger partial charge in [0.2, 0.25) is 15.8 Å². The lowest BCUT2D eigenvalue weighted by Crippen LogP contribution is -2.34. The number of nitro benzene ring substituents is 1. The molecule has 6 nitrogen and oxygen atoms in total. The smallest absolute Gasteiger partial charge is 0.258 e. The topological polar surface area (TPSA) is 80.5 Å². The third kappa shape index (κ3) is 3.06. The molecule has 0 atom stereocenters. The van der Waals surface area contributed by atoms with Gasteiger partial charge >= 0.3 is 5.69 Å². The SMILES string of the molecule is CCCN(C1CC1)S(=O)(=O)c1cc(C)c(F)c([N+](=O)[O-])c1. The highest BCUT2D eigenvalue weighted by Gasteiger charge is 2.38. The Morgan fingerprint density at radius 3 is 2.52 bits per heavy atom. The Labute approximate surface area is 122 Å². The van der Waals surface area contributed by atoms with E-state index in [-0.39, 0.29) is 16.5 Å². The second-order valence-electron chi connectivity index (χ2n) is 5.18. The number of nitrogens with zero attached hydrogens (tertiary/aromatic N) is 2. The van der Waals surface area contributed by atoms with Crippen molar-refractivity contribution in [2.45, 2.75) is 44.0 Å². The third-order valence-electron chi connectivity index (χ3n) is 3.41. The average molecular weight is 316 g/mol. The van der Waals surface area contributed by atoms with Gasteiger partial charge in [0.05, 0.1) is 9.82 Å². The summed E-state index contributed by atoms with van der Waals surface area (Å²) in [6.45, 7) is 3.54. The van der Waals surface area contributed by atoms with Crippen LogP contribution < -0.4 is 0 Å². The van der Waals surface area contributed by atoms with Gasteiger partial charge in [-0.05, 0) is 37.8 Å². The normalized spacial score (nSPS) is 15.4. The van der Waals surface area contributed by atoms with Gasteiger partial charge in [-0.15, -0.1) is 0 Å². The number of rotatable bonds is 6. The van der Waals surface area contributed by atoms with Crippen molar-refractivity contribution in [3.63, 3.8) is 0 Å². The average Bonchev–Trinajstić information content (AvgIpc) is 3.22. The molecule has 0 amide bonds. The standard InChI is InChI=1S/C13H17FN2O4S/c1-3-6-15(10-4-5-10)21(19,20)11-7-9(2)13(14)12(8-11)16(17)18/h7-8,10H,3-6H2,1-2H3. The first-order chi connectivity index (χ1) is 9.78. The molecule has 0 spiro atoms. The van der Waals surface area contributed by atoms with E-state index in [2.05, 4.69) is 0 Å². The Morgan fingerprint density at radius 2 is 2.05 bits per heavy atom. The maximum atomic E-state index is 13.7. The minimum atomic E-state index is -3.83. The van der Waals surface area contributed by atoms with Crippen molar-refractivity contribution < 1.29 is 17.7 Å². The predicted molar refractivity (Wildman–Crippen MR) is 75.0 cm³/mol. The molecule has 1 fully saturated rings. The molecule has 1 aromatic carbocycles. The van der Waals surface area contributed by atoms with Crippen LogP contribution in [0.25, 0.3) is 0 Å². The third-order valence-corrected chi connectivity index (χ3v) is 5.34. The van der Waals surface area contributed by atoms with Crippen molar-refractivity contribution in [3.05, 3.63) is 33.6 Å². The van der Waals surface area contributed by atoms with E-state index in [0.29, 0.717) is 13.0 Å². The van der Waals surface area contributed by atoms with Gasteiger partial charge in [-0.1, -0.05) is 6.92 Å². The summed E-state index contributed by atoms with van der Waals surface area (Å²) in [7, 11) is -3.83. The molecule has 116 valence electrons. The zero-order valence-corrected chi connectivity index (χ0v) is 12.7. The fourth-order valence-electron chi connectivity index (χ4n) is 2.22. The predicted octanol–water partition coefficient (Wildman–Crippen LogP) is 2.61. The molecule has 1 saturated carbocycles. The summed E-state index contributed by atoms with van der Waals surface area (Å²) in [5.74, 6) is -0.993. The Hall–Kier alpha value is -1.54. The zero-order chi connectivity index (χ0) is 15.8. The molecule has 0 bridgehead atoms. The molecule has 1 aliphatic rings. The summed E-state index contributed by atoms with van der Waals surface area (Å²) in [5.41, 5.74) is -0.851. The van der Waals surface area contributed by atoms with Crippen LogP contribution >= 0.6 is 0 Å². The first kappa shape index (κ1) is 15.8. The van der Waals surface area contributed by atoms with Gasteiger partial charge in [-0.2, -0.15) is 8.70 Å². The van der Waals surface area contributed by atoms with Gasteiger partial charge < -0.3 is 0 Å². The number of nitro groups is 1. The molecule has 0 aliphatic heterocycles. The van der Waals surface area contributed by atoms with Crippen LogP contribution in [0.5, 0.6) is 0 Å². The molecule has 8 heteroatoms. The Balaban J connectivity index is 2.51. The van der Waals surface area contributed by atoms with Crippen LogP contribution in [0, 0.1) is 22.9 Å². The van der Waals surface area contributed by atoms with Crippen molar-refractivity contribution in [2.24, 2.45) is 0 Å². The van der Waals surface area contributed by atoms with Crippen molar-refractivity contribution >= 4 is 15.7 Å². The summed E-state index contributed by atoms with van der Waals surface area (Å²) in [6, 6.07) is 1.92. The summed E-state index contributed by atoms with van der Waals surface area (Å²) in [6.07, 6.45) is 2.24. The highest BCUT2D eigenvalue weighted by atomic mass is 32.2. The Kier molecular flexibility index (Phi) is 4.29. The van der Waals surface area contributed by atoms with Crippen LogP contribution in [-0.2, 0) is 10.0 Å². The minimum absolute atomic E-state index is 0.0423. The van der Waals surface area contributed by atoms with Crippen LogP contribution in [-0.4, -0.2) is 30.2 Å². The second kappa shape index (κ2) is 5.69. The van der Waals surface area contributed by atoms with Crippen molar-refractivity contribution in [1.82, 2.24) is 4.31 Å². The van der Waals surface area contributed by atoms with E-state index in [1.807, 2.05) is 6.92 Å². The Morgan fingerprint density at radius 1 is 1.43 bits per heavy atom. The Bertz CT molecular complexity index is 671. The van der Waals surface area contributed by atoms with Crippen LogP contribution in [0.3, 0.4) is 0 Å². The summed E-state index contributed by atoms with van der Waals surface area (Å²) < 4.78 is 40.3. The van der Waals surface area contributed by atoms with E-state index in [0.717, 1.165) is 25.0 Å². The van der Waals surface area contributed by atoms with Crippen LogP contribution in [0.1, 0.15) is 31.7 Å². The molecule has 2 rings (SSSR count). The highest BCUT2D eigenvalue weighted by molar-refractivity contribution is 7.89. The monoisotopic (exact) mass is 316 g/mol. The van der Waals surface area contributed by atoms with E-state index in [9.17, 15) is 22.9 Å². The molecular formula is C13H17FN2O4S. The quantitative estimate of drug-likeness (QED) is 0.597. The lowest BCUT2D eigenvalue weighted by molar-refractivity contribution is -0.387. The van der Waals surface area contributed by atoms with E-state index < -0.39 is 26.5 Å². The van der Waals surface area contributed by atoms with Gasteiger partial charge in [0.1, 0.15) is 0 Å². The lowest BCUT2D eigenvalue weighted by Gasteiger charge is -2.21. The molecular weight excluding hydrogens is 299 g/mol. The van der Waals surface area contributed by atoms with E-state index >= 15 is 0 Å².